The van der Waals surface area contributed by atoms with Crippen LogP contribution in [-0.2, 0) is 12.8 Å². The van der Waals surface area contributed by atoms with Crippen LogP contribution in [0.15, 0.2) is 77.2 Å². The number of pyridine rings is 1. The molecule has 0 fully saturated rings. The maximum atomic E-state index is 6.81. The van der Waals surface area contributed by atoms with Crippen molar-refractivity contribution in [3.63, 3.8) is 0 Å². The zero-order valence-electron chi connectivity index (χ0n) is 23.3. The quantitative estimate of drug-likeness (QED) is 0.258. The molecule has 0 spiro atoms. The zero-order chi connectivity index (χ0) is 26.8. The minimum absolute atomic E-state index is 0.458. The lowest BCUT2D eigenvalue weighted by atomic mass is 9.92. The maximum Gasteiger partial charge on any atom is 0.128 e. The lowest BCUT2D eigenvalue weighted by Gasteiger charge is -2.31. The summed E-state index contributed by atoms with van der Waals surface area (Å²) < 4.78 is 0. The zero-order valence-corrected chi connectivity index (χ0v) is 23.3. The predicted molar refractivity (Wildman–Crippen MR) is 161 cm³/mol. The Morgan fingerprint density at radius 1 is 1.05 bits per heavy atom. The molecular weight excluding hydrogens is 466 g/mol. The third-order valence-corrected chi connectivity index (χ3v) is 7.81. The predicted octanol–water partition coefficient (Wildman–Crippen LogP) is 7.36. The van der Waals surface area contributed by atoms with Crippen LogP contribution in [0.2, 0.25) is 0 Å². The Balaban J connectivity index is 1.67. The van der Waals surface area contributed by atoms with Gasteiger partial charge in [-0.1, -0.05) is 64.1 Å². The minimum atomic E-state index is 0.458. The SMILES string of the molecule is CCc1cccc(CC)c1N=C(C1=C(N)CCN(c2ccc(C(C)C)cn2)C1)c1ccc(C)c2[nH]ccc12. The third kappa shape index (κ3) is 4.85. The Bertz CT molecular complexity index is 1480. The number of fused-ring (bicyclic) bond motifs is 1. The van der Waals surface area contributed by atoms with Crippen LogP contribution < -0.4 is 10.6 Å². The second-order valence-corrected chi connectivity index (χ2v) is 10.6. The van der Waals surface area contributed by atoms with Gasteiger partial charge in [0.15, 0.2) is 0 Å². The molecule has 1 aliphatic rings. The highest BCUT2D eigenvalue weighted by atomic mass is 15.2. The molecule has 0 aliphatic carbocycles. The Kier molecular flexibility index (Phi) is 7.37. The van der Waals surface area contributed by atoms with Crippen molar-refractivity contribution in [1.29, 1.82) is 0 Å². The van der Waals surface area contributed by atoms with Crippen LogP contribution in [-0.4, -0.2) is 28.8 Å². The summed E-state index contributed by atoms with van der Waals surface area (Å²) in [6, 6.07) is 17.4. The number of nitrogens with zero attached hydrogens (tertiary/aromatic N) is 3. The number of hydrogen-bond acceptors (Lipinski definition) is 4. The first kappa shape index (κ1) is 25.8. The van der Waals surface area contributed by atoms with Crippen LogP contribution in [0.3, 0.4) is 0 Å². The van der Waals surface area contributed by atoms with E-state index in [4.69, 9.17) is 15.7 Å². The highest BCUT2D eigenvalue weighted by Crippen LogP contribution is 2.33. The number of aryl methyl sites for hydroxylation is 3. The first-order chi connectivity index (χ1) is 18.4. The summed E-state index contributed by atoms with van der Waals surface area (Å²) >= 11 is 0. The molecule has 38 heavy (non-hydrogen) atoms. The van der Waals surface area contributed by atoms with E-state index in [2.05, 4.69) is 93.0 Å². The molecule has 3 heterocycles. The van der Waals surface area contributed by atoms with Gasteiger partial charge in [-0.15, -0.1) is 0 Å². The average Bonchev–Trinajstić information content (AvgIpc) is 3.44. The summed E-state index contributed by atoms with van der Waals surface area (Å²) in [6.45, 7) is 12.5. The van der Waals surface area contributed by atoms with Crippen LogP contribution in [0.4, 0.5) is 11.5 Å². The Morgan fingerprint density at radius 2 is 1.82 bits per heavy atom. The van der Waals surface area contributed by atoms with Gasteiger partial charge in [-0.3, -0.25) is 0 Å². The number of aliphatic imine (C=N–C) groups is 1. The van der Waals surface area contributed by atoms with Crippen LogP contribution in [0.1, 0.15) is 67.9 Å². The van der Waals surface area contributed by atoms with Crippen molar-refractivity contribution in [3.8, 4) is 0 Å². The van der Waals surface area contributed by atoms with Crippen molar-refractivity contribution in [2.45, 2.75) is 59.8 Å². The Morgan fingerprint density at radius 3 is 2.47 bits per heavy atom. The van der Waals surface area contributed by atoms with Gasteiger partial charge < -0.3 is 15.6 Å². The summed E-state index contributed by atoms with van der Waals surface area (Å²) in [5.74, 6) is 1.44. The first-order valence-electron chi connectivity index (χ1n) is 13.9. The molecule has 0 unspecified atom stereocenters. The molecule has 0 saturated carbocycles. The van der Waals surface area contributed by atoms with Gasteiger partial charge >= 0.3 is 0 Å². The van der Waals surface area contributed by atoms with Gasteiger partial charge in [-0.25, -0.2) is 9.98 Å². The molecule has 2 aromatic carbocycles. The summed E-state index contributed by atoms with van der Waals surface area (Å²) in [4.78, 5) is 16.1. The summed E-state index contributed by atoms with van der Waals surface area (Å²) in [5, 5.41) is 1.17. The molecule has 0 bridgehead atoms. The number of aromatic amines is 1. The smallest absolute Gasteiger partial charge is 0.128 e. The van der Waals surface area contributed by atoms with Crippen molar-refractivity contribution in [1.82, 2.24) is 9.97 Å². The molecule has 2 aromatic heterocycles. The van der Waals surface area contributed by atoms with Gasteiger partial charge in [-0.2, -0.15) is 0 Å². The van der Waals surface area contributed by atoms with E-state index in [1.54, 1.807) is 0 Å². The lowest BCUT2D eigenvalue weighted by molar-refractivity contribution is 0.753. The monoisotopic (exact) mass is 505 g/mol. The van der Waals surface area contributed by atoms with Crippen LogP contribution in [0.25, 0.3) is 10.9 Å². The number of hydrogen-bond donors (Lipinski definition) is 2. The number of H-pyrrole nitrogens is 1. The van der Waals surface area contributed by atoms with E-state index >= 15 is 0 Å². The van der Waals surface area contributed by atoms with E-state index in [0.29, 0.717) is 12.5 Å². The van der Waals surface area contributed by atoms with Gasteiger partial charge in [0.25, 0.3) is 0 Å². The standard InChI is InChI=1S/C33H39N5/c1-6-23-9-8-10-24(7-2)32(23)37-33(26-13-11-22(5)31-27(26)15-17-35-31)28-20-38(18-16-29(28)34)30-14-12-25(19-36-30)21(3)4/h8-15,17,19,21,35H,6-7,16,18,20,34H2,1-5H3. The number of anilines is 1. The second kappa shape index (κ2) is 10.9. The van der Waals surface area contributed by atoms with Crippen LogP contribution in [0.5, 0.6) is 0 Å². The van der Waals surface area contributed by atoms with E-state index in [-0.39, 0.29) is 0 Å². The van der Waals surface area contributed by atoms with E-state index < -0.39 is 0 Å². The largest absolute Gasteiger partial charge is 0.402 e. The van der Waals surface area contributed by atoms with Crippen molar-refractivity contribution in [2.75, 3.05) is 18.0 Å². The molecule has 5 heteroatoms. The van der Waals surface area contributed by atoms with E-state index in [1.165, 1.54) is 27.6 Å². The first-order valence-corrected chi connectivity index (χ1v) is 13.9. The molecule has 4 aromatic rings. The van der Waals surface area contributed by atoms with E-state index in [1.807, 2.05) is 12.4 Å². The van der Waals surface area contributed by atoms with Crippen LogP contribution >= 0.6 is 0 Å². The molecule has 3 N–H and O–H groups in total. The number of aromatic nitrogens is 2. The van der Waals surface area contributed by atoms with Gasteiger partial charge in [-0.05, 0) is 60.1 Å². The molecule has 196 valence electrons. The van der Waals surface area contributed by atoms with Crippen molar-refractivity contribution < 1.29 is 0 Å². The molecule has 5 rings (SSSR count). The van der Waals surface area contributed by atoms with Gasteiger partial charge in [0, 0.05) is 59.6 Å². The van der Waals surface area contributed by atoms with Gasteiger partial charge in [0.05, 0.1) is 11.4 Å². The number of nitrogens with one attached hydrogen (secondary N) is 1. The lowest BCUT2D eigenvalue weighted by Crippen LogP contribution is -2.36. The highest BCUT2D eigenvalue weighted by molar-refractivity contribution is 6.21. The maximum absolute atomic E-state index is 6.81. The highest BCUT2D eigenvalue weighted by Gasteiger charge is 2.25. The van der Waals surface area contributed by atoms with E-state index in [0.717, 1.165) is 65.4 Å². The third-order valence-electron chi connectivity index (χ3n) is 7.81. The number of para-hydroxylation sites is 1. The number of nitrogens with two attached hydrogens (primary N) is 1. The fourth-order valence-electron chi connectivity index (χ4n) is 5.40. The Labute approximate surface area is 226 Å². The summed E-state index contributed by atoms with van der Waals surface area (Å²) in [5.41, 5.74) is 18.1. The molecule has 0 radical (unpaired) electrons. The molecule has 0 amide bonds. The fraction of sp³-hybridized carbons (Fsp3) is 0.333. The topological polar surface area (TPSA) is 70.3 Å². The second-order valence-electron chi connectivity index (χ2n) is 10.6. The Hall–Kier alpha value is -3.86. The van der Waals surface area contributed by atoms with Gasteiger partial charge in [0.2, 0.25) is 0 Å². The molecule has 0 atom stereocenters. The summed E-state index contributed by atoms with van der Waals surface area (Å²) in [6.07, 6.45) is 6.66. The summed E-state index contributed by atoms with van der Waals surface area (Å²) in [7, 11) is 0. The van der Waals surface area contributed by atoms with Crippen molar-refractivity contribution in [2.24, 2.45) is 10.7 Å². The number of benzene rings is 2. The molecule has 0 saturated heterocycles. The van der Waals surface area contributed by atoms with Crippen LogP contribution in [0, 0.1) is 6.92 Å². The molecule has 1 aliphatic heterocycles. The molecule has 5 nitrogen and oxygen atoms in total. The van der Waals surface area contributed by atoms with E-state index in [9.17, 15) is 0 Å². The molecular formula is C33H39N5. The normalized spacial score (nSPS) is 14.7. The van der Waals surface area contributed by atoms with Crippen molar-refractivity contribution >= 4 is 28.1 Å². The van der Waals surface area contributed by atoms with Gasteiger partial charge in [0.1, 0.15) is 5.82 Å². The van der Waals surface area contributed by atoms with Crippen molar-refractivity contribution in [3.05, 3.63) is 100 Å². The minimum Gasteiger partial charge on any atom is -0.402 e. The fourth-order valence-corrected chi connectivity index (χ4v) is 5.40. The average molecular weight is 506 g/mol. The number of rotatable bonds is 7.